The van der Waals surface area contributed by atoms with E-state index in [1.807, 2.05) is 12.1 Å². The Hall–Kier alpha value is -1.26. The van der Waals surface area contributed by atoms with Crippen LogP contribution in [-0.2, 0) is 0 Å². The van der Waals surface area contributed by atoms with Gasteiger partial charge >= 0.3 is 0 Å². The van der Waals surface area contributed by atoms with Crippen molar-refractivity contribution in [3.63, 3.8) is 0 Å². The van der Waals surface area contributed by atoms with E-state index in [1.165, 1.54) is 26.1 Å². The monoisotopic (exact) mass is 249 g/mol. The Morgan fingerprint density at radius 2 is 1.94 bits per heavy atom. The topological polar surface area (TPSA) is 36.5 Å². The van der Waals surface area contributed by atoms with Gasteiger partial charge in [-0.05, 0) is 37.2 Å². The molecule has 2 N–H and O–H groups in total. The Morgan fingerprint density at radius 3 is 2.61 bits per heavy atom. The smallest absolute Gasteiger partial charge is 0.119 e. The van der Waals surface area contributed by atoms with Crippen LogP contribution in [0.2, 0.25) is 0 Å². The van der Waals surface area contributed by atoms with Crippen molar-refractivity contribution in [2.75, 3.05) is 51.7 Å². The first-order valence-corrected chi connectivity index (χ1v) is 6.69. The first-order valence-electron chi connectivity index (χ1n) is 6.69. The van der Waals surface area contributed by atoms with E-state index in [2.05, 4.69) is 27.7 Å². The summed E-state index contributed by atoms with van der Waals surface area (Å²) in [5, 5.41) is 6.81. The Labute approximate surface area is 109 Å². The van der Waals surface area contributed by atoms with Crippen LogP contribution < -0.4 is 15.4 Å². The number of nitrogens with one attached hydrogen (secondary N) is 2. The average Bonchev–Trinajstić information content (AvgIpc) is 2.45. The summed E-state index contributed by atoms with van der Waals surface area (Å²) in [7, 11) is 1.69. The van der Waals surface area contributed by atoms with E-state index in [0.717, 1.165) is 31.1 Å². The highest BCUT2D eigenvalue weighted by molar-refractivity contribution is 5.46. The van der Waals surface area contributed by atoms with Crippen LogP contribution in [0.4, 0.5) is 5.69 Å². The average molecular weight is 249 g/mol. The molecule has 1 fully saturated rings. The summed E-state index contributed by atoms with van der Waals surface area (Å²) in [4.78, 5) is 2.52. The normalized spacial score (nSPS) is 16.5. The van der Waals surface area contributed by atoms with Crippen molar-refractivity contribution >= 4 is 5.69 Å². The maximum atomic E-state index is 5.13. The van der Waals surface area contributed by atoms with Crippen LogP contribution in [0, 0.1) is 0 Å². The number of hydrogen-bond acceptors (Lipinski definition) is 4. The van der Waals surface area contributed by atoms with Crippen molar-refractivity contribution in [3.8, 4) is 5.75 Å². The van der Waals surface area contributed by atoms with Gasteiger partial charge in [-0.1, -0.05) is 0 Å². The number of ether oxygens (including phenoxy) is 1. The zero-order valence-electron chi connectivity index (χ0n) is 11.1. The van der Waals surface area contributed by atoms with Crippen LogP contribution >= 0.6 is 0 Å². The number of benzene rings is 1. The molecule has 0 unspecified atom stereocenters. The minimum Gasteiger partial charge on any atom is -0.497 e. The van der Waals surface area contributed by atoms with Crippen LogP contribution in [0.25, 0.3) is 0 Å². The SMILES string of the molecule is COc1ccc(NCCCN2CCNCC2)cc1. The second kappa shape index (κ2) is 7.24. The largest absolute Gasteiger partial charge is 0.497 e. The summed E-state index contributed by atoms with van der Waals surface area (Å²) in [6.45, 7) is 6.84. The van der Waals surface area contributed by atoms with E-state index >= 15 is 0 Å². The summed E-state index contributed by atoms with van der Waals surface area (Å²) in [6, 6.07) is 8.09. The van der Waals surface area contributed by atoms with Gasteiger partial charge in [0.2, 0.25) is 0 Å². The number of methoxy groups -OCH3 is 1. The third kappa shape index (κ3) is 4.20. The molecule has 1 aromatic carbocycles. The van der Waals surface area contributed by atoms with Crippen molar-refractivity contribution in [2.24, 2.45) is 0 Å². The third-order valence-electron chi connectivity index (χ3n) is 3.28. The quantitative estimate of drug-likeness (QED) is 0.747. The Bertz CT molecular complexity index is 333. The second-order valence-electron chi connectivity index (χ2n) is 4.60. The Balaban J connectivity index is 1.62. The van der Waals surface area contributed by atoms with Crippen LogP contribution in [0.1, 0.15) is 6.42 Å². The molecule has 0 atom stereocenters. The van der Waals surface area contributed by atoms with Gasteiger partial charge in [-0.15, -0.1) is 0 Å². The van der Waals surface area contributed by atoms with E-state index in [1.54, 1.807) is 7.11 Å². The fourth-order valence-electron chi connectivity index (χ4n) is 2.18. The van der Waals surface area contributed by atoms with Crippen molar-refractivity contribution in [3.05, 3.63) is 24.3 Å². The lowest BCUT2D eigenvalue weighted by molar-refractivity contribution is 0.240. The van der Waals surface area contributed by atoms with Crippen molar-refractivity contribution in [1.82, 2.24) is 10.2 Å². The molecule has 0 aliphatic carbocycles. The van der Waals surface area contributed by atoms with Gasteiger partial charge in [-0.3, -0.25) is 0 Å². The van der Waals surface area contributed by atoms with Gasteiger partial charge in [0.15, 0.2) is 0 Å². The predicted molar refractivity (Wildman–Crippen MR) is 75.4 cm³/mol. The number of nitrogens with zero attached hydrogens (tertiary/aromatic N) is 1. The van der Waals surface area contributed by atoms with Gasteiger partial charge in [0, 0.05) is 38.4 Å². The van der Waals surface area contributed by atoms with E-state index in [-0.39, 0.29) is 0 Å². The lowest BCUT2D eigenvalue weighted by Crippen LogP contribution is -2.44. The molecular formula is C14H23N3O. The molecule has 0 amide bonds. The highest BCUT2D eigenvalue weighted by Gasteiger charge is 2.07. The molecule has 100 valence electrons. The summed E-state index contributed by atoms with van der Waals surface area (Å²) in [5.74, 6) is 0.904. The molecule has 1 aromatic rings. The van der Waals surface area contributed by atoms with Crippen molar-refractivity contribution < 1.29 is 4.74 Å². The van der Waals surface area contributed by atoms with Gasteiger partial charge in [-0.25, -0.2) is 0 Å². The van der Waals surface area contributed by atoms with Crippen molar-refractivity contribution in [2.45, 2.75) is 6.42 Å². The van der Waals surface area contributed by atoms with Gasteiger partial charge in [-0.2, -0.15) is 0 Å². The molecule has 2 rings (SSSR count). The Morgan fingerprint density at radius 1 is 1.22 bits per heavy atom. The van der Waals surface area contributed by atoms with E-state index < -0.39 is 0 Å². The first kappa shape index (κ1) is 13.2. The highest BCUT2D eigenvalue weighted by atomic mass is 16.5. The minimum absolute atomic E-state index is 0.904. The molecule has 0 spiro atoms. The summed E-state index contributed by atoms with van der Waals surface area (Å²) >= 11 is 0. The molecular weight excluding hydrogens is 226 g/mol. The van der Waals surface area contributed by atoms with Crippen molar-refractivity contribution in [1.29, 1.82) is 0 Å². The van der Waals surface area contributed by atoms with E-state index in [4.69, 9.17) is 4.74 Å². The molecule has 0 radical (unpaired) electrons. The molecule has 1 saturated heterocycles. The van der Waals surface area contributed by atoms with Gasteiger partial charge in [0.25, 0.3) is 0 Å². The van der Waals surface area contributed by atoms with Gasteiger partial charge in [0.1, 0.15) is 5.75 Å². The number of rotatable bonds is 6. The molecule has 0 saturated carbocycles. The van der Waals surface area contributed by atoms with Crippen LogP contribution in [-0.4, -0.2) is 51.3 Å². The minimum atomic E-state index is 0.904. The standard InChI is InChI=1S/C14H23N3O/c1-18-14-5-3-13(4-6-14)16-7-2-10-17-11-8-15-9-12-17/h3-6,15-16H,2,7-12H2,1H3. The zero-order chi connectivity index (χ0) is 12.6. The number of hydrogen-bond donors (Lipinski definition) is 2. The molecule has 1 heterocycles. The van der Waals surface area contributed by atoms with Gasteiger partial charge in [0.05, 0.1) is 7.11 Å². The lowest BCUT2D eigenvalue weighted by Gasteiger charge is -2.27. The second-order valence-corrected chi connectivity index (χ2v) is 4.60. The summed E-state index contributed by atoms with van der Waals surface area (Å²) in [5.41, 5.74) is 1.16. The molecule has 0 aromatic heterocycles. The summed E-state index contributed by atoms with van der Waals surface area (Å²) < 4.78 is 5.13. The number of piperazine rings is 1. The maximum absolute atomic E-state index is 5.13. The fraction of sp³-hybridized carbons (Fsp3) is 0.571. The van der Waals surface area contributed by atoms with E-state index in [0.29, 0.717) is 0 Å². The van der Waals surface area contributed by atoms with Crippen LogP contribution in [0.5, 0.6) is 5.75 Å². The Kier molecular flexibility index (Phi) is 5.30. The summed E-state index contributed by atoms with van der Waals surface area (Å²) in [6.07, 6.45) is 1.19. The molecule has 1 aliphatic heterocycles. The molecule has 4 heteroatoms. The highest BCUT2D eigenvalue weighted by Crippen LogP contribution is 2.14. The first-order chi connectivity index (χ1) is 8.88. The van der Waals surface area contributed by atoms with Crippen LogP contribution in [0.3, 0.4) is 0 Å². The third-order valence-corrected chi connectivity index (χ3v) is 3.28. The van der Waals surface area contributed by atoms with Gasteiger partial charge < -0.3 is 20.3 Å². The van der Waals surface area contributed by atoms with Crippen LogP contribution in [0.15, 0.2) is 24.3 Å². The number of anilines is 1. The molecule has 4 nitrogen and oxygen atoms in total. The van der Waals surface area contributed by atoms with E-state index in [9.17, 15) is 0 Å². The maximum Gasteiger partial charge on any atom is 0.119 e. The fourth-order valence-corrected chi connectivity index (χ4v) is 2.18. The molecule has 0 bridgehead atoms. The predicted octanol–water partition coefficient (Wildman–Crippen LogP) is 1.40. The molecule has 1 aliphatic rings. The molecule has 18 heavy (non-hydrogen) atoms. The lowest BCUT2D eigenvalue weighted by atomic mass is 10.3. The zero-order valence-corrected chi connectivity index (χ0v) is 11.1.